The first kappa shape index (κ1) is 21.4. The van der Waals surface area contributed by atoms with Crippen molar-refractivity contribution in [3.05, 3.63) is 59.2 Å². The standard InChI is InChI=1S/C23H25NO6/c1-14(2)11-18(24-21(25)16-7-5-6-8-17(16)22(24)26)23(27)30-13-15-9-10-19(28-3)20(12-15)29-4/h5-10,12,14,18H,11,13H2,1-4H3/t18-/m0/s1. The zero-order valence-electron chi connectivity index (χ0n) is 17.5. The first-order valence-corrected chi connectivity index (χ1v) is 9.71. The fourth-order valence-corrected chi connectivity index (χ4v) is 3.47. The summed E-state index contributed by atoms with van der Waals surface area (Å²) in [6, 6.07) is 10.8. The molecule has 0 saturated heterocycles. The van der Waals surface area contributed by atoms with Crippen molar-refractivity contribution in [3.8, 4) is 11.5 Å². The third-order valence-corrected chi connectivity index (χ3v) is 4.93. The maximum absolute atomic E-state index is 12.9. The number of rotatable bonds is 8. The molecule has 30 heavy (non-hydrogen) atoms. The van der Waals surface area contributed by atoms with Crippen molar-refractivity contribution in [2.45, 2.75) is 32.9 Å². The number of carbonyl (C=O) groups excluding carboxylic acids is 3. The number of nitrogens with zero attached hydrogens (tertiary/aromatic N) is 1. The number of fused-ring (bicyclic) bond motifs is 1. The molecule has 2 aromatic carbocycles. The number of benzene rings is 2. The average molecular weight is 411 g/mol. The number of hydrogen-bond donors (Lipinski definition) is 0. The molecule has 0 aliphatic carbocycles. The molecule has 1 aliphatic rings. The van der Waals surface area contributed by atoms with Gasteiger partial charge in [-0.25, -0.2) is 4.79 Å². The van der Waals surface area contributed by atoms with Crippen molar-refractivity contribution < 1.29 is 28.6 Å². The third kappa shape index (κ3) is 4.15. The Morgan fingerprint density at radius 3 is 2.07 bits per heavy atom. The summed E-state index contributed by atoms with van der Waals surface area (Å²) in [5, 5.41) is 0. The quantitative estimate of drug-likeness (QED) is 0.489. The predicted octanol–water partition coefficient (Wildman–Crippen LogP) is 3.46. The van der Waals surface area contributed by atoms with Gasteiger partial charge in [0.15, 0.2) is 11.5 Å². The van der Waals surface area contributed by atoms with Crippen LogP contribution in [0.25, 0.3) is 0 Å². The van der Waals surface area contributed by atoms with Crippen molar-refractivity contribution in [1.29, 1.82) is 0 Å². The van der Waals surface area contributed by atoms with Crippen LogP contribution in [0.4, 0.5) is 0 Å². The summed E-state index contributed by atoms with van der Waals surface area (Å²) in [7, 11) is 3.06. The van der Waals surface area contributed by atoms with Crippen molar-refractivity contribution in [1.82, 2.24) is 4.90 Å². The summed E-state index contributed by atoms with van der Waals surface area (Å²) in [5.74, 6) is -0.393. The minimum atomic E-state index is -0.988. The van der Waals surface area contributed by atoms with Crippen LogP contribution in [0.1, 0.15) is 46.5 Å². The lowest BCUT2D eigenvalue weighted by Crippen LogP contribution is -2.46. The van der Waals surface area contributed by atoms with Crippen molar-refractivity contribution in [2.24, 2.45) is 5.92 Å². The van der Waals surface area contributed by atoms with Gasteiger partial charge in [0.2, 0.25) is 0 Å². The number of ether oxygens (including phenoxy) is 3. The molecule has 7 nitrogen and oxygen atoms in total. The molecule has 0 radical (unpaired) electrons. The Kier molecular flexibility index (Phi) is 6.40. The van der Waals surface area contributed by atoms with Gasteiger partial charge in [-0.1, -0.05) is 32.0 Å². The number of methoxy groups -OCH3 is 2. The van der Waals surface area contributed by atoms with E-state index in [1.54, 1.807) is 42.5 Å². The topological polar surface area (TPSA) is 82.1 Å². The van der Waals surface area contributed by atoms with Crippen LogP contribution in [0.2, 0.25) is 0 Å². The Hall–Kier alpha value is -3.35. The molecule has 158 valence electrons. The zero-order valence-corrected chi connectivity index (χ0v) is 17.5. The Bertz CT molecular complexity index is 933. The van der Waals surface area contributed by atoms with Crippen molar-refractivity contribution in [2.75, 3.05) is 14.2 Å². The van der Waals surface area contributed by atoms with Crippen molar-refractivity contribution in [3.63, 3.8) is 0 Å². The molecule has 0 fully saturated rings. The van der Waals surface area contributed by atoms with Crippen LogP contribution < -0.4 is 9.47 Å². The lowest BCUT2D eigenvalue weighted by molar-refractivity contribution is -0.150. The molecule has 2 aromatic rings. The minimum Gasteiger partial charge on any atom is -0.493 e. The highest BCUT2D eigenvalue weighted by atomic mass is 16.5. The maximum atomic E-state index is 12.9. The van der Waals surface area contributed by atoms with E-state index < -0.39 is 23.8 Å². The van der Waals surface area contributed by atoms with Crippen LogP contribution in [-0.2, 0) is 16.1 Å². The summed E-state index contributed by atoms with van der Waals surface area (Å²) < 4.78 is 16.0. The third-order valence-electron chi connectivity index (χ3n) is 4.93. The number of carbonyl (C=O) groups is 3. The van der Waals surface area contributed by atoms with Gasteiger partial charge in [0, 0.05) is 0 Å². The smallest absolute Gasteiger partial charge is 0.329 e. The van der Waals surface area contributed by atoms with Gasteiger partial charge in [-0.05, 0) is 42.2 Å². The van der Waals surface area contributed by atoms with E-state index in [0.717, 1.165) is 4.90 Å². The Morgan fingerprint density at radius 2 is 1.53 bits per heavy atom. The van der Waals surface area contributed by atoms with E-state index in [9.17, 15) is 14.4 Å². The van der Waals surface area contributed by atoms with Gasteiger partial charge in [0.1, 0.15) is 12.6 Å². The summed E-state index contributed by atoms with van der Waals surface area (Å²) in [4.78, 5) is 39.6. The molecule has 7 heteroatoms. The van der Waals surface area contributed by atoms with Crippen LogP contribution in [0, 0.1) is 5.92 Å². The molecular formula is C23H25NO6. The van der Waals surface area contributed by atoms with E-state index in [-0.39, 0.29) is 12.5 Å². The minimum absolute atomic E-state index is 0.0169. The van der Waals surface area contributed by atoms with Gasteiger partial charge >= 0.3 is 5.97 Å². The number of imide groups is 1. The van der Waals surface area contributed by atoms with E-state index >= 15 is 0 Å². The van der Waals surface area contributed by atoms with Gasteiger partial charge in [-0.3, -0.25) is 14.5 Å². The monoisotopic (exact) mass is 411 g/mol. The van der Waals surface area contributed by atoms with E-state index in [4.69, 9.17) is 14.2 Å². The average Bonchev–Trinajstić information content (AvgIpc) is 3.00. The molecule has 0 saturated carbocycles. The molecule has 0 unspecified atom stereocenters. The first-order valence-electron chi connectivity index (χ1n) is 9.71. The molecule has 0 N–H and O–H groups in total. The fourth-order valence-electron chi connectivity index (χ4n) is 3.47. The highest BCUT2D eigenvalue weighted by Gasteiger charge is 2.43. The highest BCUT2D eigenvalue weighted by Crippen LogP contribution is 2.29. The van der Waals surface area contributed by atoms with Crippen LogP contribution in [0.5, 0.6) is 11.5 Å². The van der Waals surface area contributed by atoms with Gasteiger partial charge in [0.05, 0.1) is 25.3 Å². The second-order valence-corrected chi connectivity index (χ2v) is 7.47. The SMILES string of the molecule is COc1ccc(COC(=O)[C@H](CC(C)C)N2C(=O)c3ccccc3C2=O)cc1OC. The van der Waals surface area contributed by atoms with Gasteiger partial charge in [-0.2, -0.15) is 0 Å². The Balaban J connectivity index is 1.79. The molecule has 1 aliphatic heterocycles. The van der Waals surface area contributed by atoms with Crippen LogP contribution in [0.15, 0.2) is 42.5 Å². The van der Waals surface area contributed by atoms with Crippen molar-refractivity contribution >= 4 is 17.8 Å². The Labute approximate surface area is 175 Å². The van der Waals surface area contributed by atoms with E-state index in [1.807, 2.05) is 13.8 Å². The summed E-state index contributed by atoms with van der Waals surface area (Å²) in [6.07, 6.45) is 0.316. The van der Waals surface area contributed by atoms with Gasteiger partial charge in [-0.15, -0.1) is 0 Å². The number of amides is 2. The van der Waals surface area contributed by atoms with Crippen LogP contribution in [-0.4, -0.2) is 42.9 Å². The normalized spacial score (nSPS) is 14.0. The largest absolute Gasteiger partial charge is 0.493 e. The van der Waals surface area contributed by atoms with E-state index in [0.29, 0.717) is 34.6 Å². The molecule has 1 atom stereocenters. The lowest BCUT2D eigenvalue weighted by atomic mass is 10.0. The highest BCUT2D eigenvalue weighted by molar-refractivity contribution is 6.22. The Morgan fingerprint density at radius 1 is 0.933 bits per heavy atom. The molecule has 2 amide bonds. The fraction of sp³-hybridized carbons (Fsp3) is 0.348. The van der Waals surface area contributed by atoms with Gasteiger partial charge in [0.25, 0.3) is 11.8 Å². The van der Waals surface area contributed by atoms with E-state index in [2.05, 4.69) is 0 Å². The van der Waals surface area contributed by atoms with Crippen LogP contribution in [0.3, 0.4) is 0 Å². The number of hydrogen-bond acceptors (Lipinski definition) is 6. The van der Waals surface area contributed by atoms with Crippen LogP contribution >= 0.6 is 0 Å². The molecule has 0 aromatic heterocycles. The maximum Gasteiger partial charge on any atom is 0.329 e. The number of esters is 1. The summed E-state index contributed by atoms with van der Waals surface area (Å²) in [5.41, 5.74) is 1.32. The summed E-state index contributed by atoms with van der Waals surface area (Å²) >= 11 is 0. The first-order chi connectivity index (χ1) is 14.4. The summed E-state index contributed by atoms with van der Waals surface area (Å²) in [6.45, 7) is 3.83. The predicted molar refractivity (Wildman–Crippen MR) is 110 cm³/mol. The van der Waals surface area contributed by atoms with E-state index in [1.165, 1.54) is 14.2 Å². The second kappa shape index (κ2) is 8.98. The zero-order chi connectivity index (χ0) is 21.8. The molecule has 3 rings (SSSR count). The van der Waals surface area contributed by atoms with Gasteiger partial charge < -0.3 is 14.2 Å². The molecule has 1 heterocycles. The lowest BCUT2D eigenvalue weighted by Gasteiger charge is -2.26. The molecule has 0 spiro atoms. The molecular weight excluding hydrogens is 386 g/mol. The molecule has 0 bridgehead atoms. The second-order valence-electron chi connectivity index (χ2n) is 7.47.